The normalized spacial score (nSPS) is 30.2. The van der Waals surface area contributed by atoms with Crippen LogP contribution in [0.4, 0.5) is 0 Å². The molecule has 0 saturated heterocycles. The number of rotatable bonds is 19. The minimum absolute atomic E-state index is 0.111. The van der Waals surface area contributed by atoms with Gasteiger partial charge in [0.1, 0.15) is 29.1 Å². The van der Waals surface area contributed by atoms with E-state index in [9.17, 15) is 14.4 Å². The van der Waals surface area contributed by atoms with Crippen LogP contribution in [0.1, 0.15) is 172 Å². The second kappa shape index (κ2) is 21.1. The molecular formula is C55H77N3O6S. The third-order valence-corrected chi connectivity index (χ3v) is 18.3. The number of hydrogen-bond acceptors (Lipinski definition) is 9. The number of hydrogen-bond donors (Lipinski definition) is 1. The van der Waals surface area contributed by atoms with Gasteiger partial charge in [0.15, 0.2) is 0 Å². The molecule has 354 valence electrons. The van der Waals surface area contributed by atoms with Crippen molar-refractivity contribution in [3.05, 3.63) is 58.9 Å². The summed E-state index contributed by atoms with van der Waals surface area (Å²) in [6.45, 7) is 13.2. The van der Waals surface area contributed by atoms with Gasteiger partial charge in [-0.25, -0.2) is 4.98 Å². The Morgan fingerprint density at radius 1 is 0.892 bits per heavy atom. The van der Waals surface area contributed by atoms with E-state index in [0.717, 1.165) is 95.7 Å². The summed E-state index contributed by atoms with van der Waals surface area (Å²) in [4.78, 5) is 47.1. The second-order valence-electron chi connectivity index (χ2n) is 21.7. The standard InChI is InChI=1S/C55H77N3O6S/c1-35(2)11-9-12-36(3)44-20-21-45-43-19-16-38-32-40(24-27-54(38,4)46(43)25-28-55(44,45)5)62-30-10-14-39(59)17-23-52(60)64-49-15-8-7-13-37(49)31-51-58-47-22-18-41(34-50(47)65-51)63-42-26-29-57-48(33-42)53(61)56-6/h16,18,22,26,29,33-37,40,43-46,49H,7-15,17,19-21,23-25,27-28,30-32H2,1-6H3,(H,56,61)/t36-,37-,40+,43?,44-,45?,46?,49+,54+,55-/m1/s1. The Kier molecular flexibility index (Phi) is 15.5. The smallest absolute Gasteiger partial charge is 0.306 e. The fourth-order valence-electron chi connectivity index (χ4n) is 13.7. The summed E-state index contributed by atoms with van der Waals surface area (Å²) in [5.41, 5.74) is 3.68. The zero-order valence-corrected chi connectivity index (χ0v) is 41.2. The number of pyridine rings is 1. The summed E-state index contributed by atoms with van der Waals surface area (Å²) in [5.74, 6) is 6.03. The Labute approximate surface area is 393 Å². The van der Waals surface area contributed by atoms with Gasteiger partial charge in [0, 0.05) is 57.2 Å². The van der Waals surface area contributed by atoms with Crippen molar-refractivity contribution in [3.63, 3.8) is 0 Å². The number of ketones is 1. The van der Waals surface area contributed by atoms with Crippen molar-refractivity contribution >= 4 is 39.2 Å². The fourth-order valence-corrected chi connectivity index (χ4v) is 14.7. The van der Waals surface area contributed by atoms with Crippen LogP contribution in [0.25, 0.3) is 10.2 Å². The molecule has 0 radical (unpaired) electrons. The molecule has 1 amide bonds. The maximum Gasteiger partial charge on any atom is 0.306 e. The van der Waals surface area contributed by atoms with E-state index in [2.05, 4.69) is 51.0 Å². The molecule has 3 aromatic rings. The molecule has 2 aromatic heterocycles. The van der Waals surface area contributed by atoms with Gasteiger partial charge in [-0.1, -0.05) is 72.0 Å². The fraction of sp³-hybridized carbons (Fsp3) is 0.691. The molecular weight excluding hydrogens is 831 g/mol. The molecule has 0 bridgehead atoms. The van der Waals surface area contributed by atoms with E-state index >= 15 is 0 Å². The molecule has 4 saturated carbocycles. The highest BCUT2D eigenvalue weighted by atomic mass is 32.1. The van der Waals surface area contributed by atoms with Crippen LogP contribution in [0.3, 0.4) is 0 Å². The number of thiazole rings is 1. The molecule has 5 aliphatic rings. The molecule has 9 nitrogen and oxygen atoms in total. The molecule has 2 heterocycles. The van der Waals surface area contributed by atoms with Crippen LogP contribution in [0.2, 0.25) is 0 Å². The number of Topliss-reactive ketones (excluding diaryl/α,β-unsaturated/α-hetero) is 1. The third kappa shape index (κ3) is 11.1. The molecule has 0 aliphatic heterocycles. The molecule has 3 unspecified atom stereocenters. The van der Waals surface area contributed by atoms with Crippen molar-refractivity contribution in [2.24, 2.45) is 52.3 Å². The zero-order valence-electron chi connectivity index (χ0n) is 40.3. The number of carbonyl (C=O) groups is 3. The van der Waals surface area contributed by atoms with Gasteiger partial charge < -0.3 is 19.5 Å². The lowest BCUT2D eigenvalue weighted by Gasteiger charge is -2.58. The molecule has 8 rings (SSSR count). The summed E-state index contributed by atoms with van der Waals surface area (Å²) in [6, 6.07) is 9.13. The molecule has 4 fully saturated rings. The lowest BCUT2D eigenvalue weighted by atomic mass is 9.47. The van der Waals surface area contributed by atoms with Gasteiger partial charge in [0.2, 0.25) is 0 Å². The van der Waals surface area contributed by atoms with Crippen LogP contribution in [0.15, 0.2) is 48.2 Å². The van der Waals surface area contributed by atoms with Crippen LogP contribution >= 0.6 is 11.3 Å². The minimum Gasteiger partial charge on any atom is -0.462 e. The first-order valence-electron chi connectivity index (χ1n) is 25.6. The van der Waals surface area contributed by atoms with Crippen molar-refractivity contribution in [3.8, 4) is 11.5 Å². The van der Waals surface area contributed by atoms with Crippen molar-refractivity contribution in [1.29, 1.82) is 0 Å². The summed E-state index contributed by atoms with van der Waals surface area (Å²) < 4.78 is 19.6. The highest BCUT2D eigenvalue weighted by molar-refractivity contribution is 7.18. The molecule has 1 N–H and O–H groups in total. The van der Waals surface area contributed by atoms with E-state index in [0.29, 0.717) is 41.8 Å². The summed E-state index contributed by atoms with van der Waals surface area (Å²) in [6.07, 6.45) is 25.0. The van der Waals surface area contributed by atoms with Crippen LogP contribution < -0.4 is 10.1 Å². The Balaban J connectivity index is 0.746. The van der Waals surface area contributed by atoms with Crippen LogP contribution in [0, 0.1) is 52.3 Å². The third-order valence-electron chi connectivity index (χ3n) is 17.2. The van der Waals surface area contributed by atoms with Gasteiger partial charge >= 0.3 is 5.97 Å². The number of nitrogens with one attached hydrogen (secondary N) is 1. The lowest BCUT2D eigenvalue weighted by Crippen LogP contribution is -2.51. The predicted molar refractivity (Wildman–Crippen MR) is 259 cm³/mol. The first-order chi connectivity index (χ1) is 31.3. The van der Waals surface area contributed by atoms with Gasteiger partial charge in [0.05, 0.1) is 27.7 Å². The number of fused-ring (bicyclic) bond motifs is 6. The maximum atomic E-state index is 13.1. The average molecular weight is 908 g/mol. The van der Waals surface area contributed by atoms with Gasteiger partial charge in [-0.2, -0.15) is 0 Å². The SMILES string of the molecule is CNC(=O)c1cc(Oc2ccc3nc(C[C@H]4CCCC[C@@H]4OC(=O)CCC(=O)CCCO[C@H]4CC[C@@]5(C)C(=CCC6C5CC[C@@]5(C)C6CC[C@@H]5[C@H](C)CCCC(C)C)C4)sc3c2)ccn1. The maximum absolute atomic E-state index is 13.1. The number of carbonyl (C=O) groups excluding carboxylic acids is 3. The van der Waals surface area contributed by atoms with Gasteiger partial charge in [-0.05, 0) is 142 Å². The quantitative estimate of drug-likeness (QED) is 0.0718. The van der Waals surface area contributed by atoms with Gasteiger partial charge in [-0.15, -0.1) is 11.3 Å². The molecule has 0 spiro atoms. The number of allylic oxidation sites excluding steroid dienone is 1. The molecule has 10 atom stereocenters. The zero-order chi connectivity index (χ0) is 45.7. The second-order valence-corrected chi connectivity index (χ2v) is 22.9. The van der Waals surface area contributed by atoms with Crippen LogP contribution in [-0.2, 0) is 25.5 Å². The topological polar surface area (TPSA) is 117 Å². The Hall–Kier alpha value is -3.63. The van der Waals surface area contributed by atoms with Crippen molar-refractivity contribution in [2.75, 3.05) is 13.7 Å². The summed E-state index contributed by atoms with van der Waals surface area (Å²) >= 11 is 1.63. The highest BCUT2D eigenvalue weighted by Crippen LogP contribution is 2.67. The molecule has 1 aromatic carbocycles. The summed E-state index contributed by atoms with van der Waals surface area (Å²) in [5, 5.41) is 3.59. The van der Waals surface area contributed by atoms with Crippen LogP contribution in [0.5, 0.6) is 11.5 Å². The Bertz CT molecular complexity index is 2170. The van der Waals surface area contributed by atoms with Gasteiger partial charge in [-0.3, -0.25) is 19.4 Å². The number of nitrogens with zero attached hydrogens (tertiary/aromatic N) is 2. The number of esters is 1. The number of amides is 1. The average Bonchev–Trinajstić information content (AvgIpc) is 3.87. The van der Waals surface area contributed by atoms with Crippen molar-refractivity contribution < 1.29 is 28.6 Å². The van der Waals surface area contributed by atoms with E-state index in [1.165, 1.54) is 57.8 Å². The minimum atomic E-state index is -0.275. The van der Waals surface area contributed by atoms with E-state index in [-0.39, 0.29) is 54.3 Å². The summed E-state index contributed by atoms with van der Waals surface area (Å²) in [7, 11) is 1.57. The van der Waals surface area contributed by atoms with Crippen molar-refractivity contribution in [2.45, 2.75) is 175 Å². The Morgan fingerprint density at radius 3 is 2.55 bits per heavy atom. The van der Waals surface area contributed by atoms with E-state index in [1.54, 1.807) is 42.3 Å². The first-order valence-corrected chi connectivity index (χ1v) is 26.4. The molecule has 10 heteroatoms. The Morgan fingerprint density at radius 2 is 1.72 bits per heavy atom. The van der Waals surface area contributed by atoms with E-state index in [1.807, 2.05) is 18.2 Å². The molecule has 65 heavy (non-hydrogen) atoms. The predicted octanol–water partition coefficient (Wildman–Crippen LogP) is 13.0. The van der Waals surface area contributed by atoms with E-state index in [4.69, 9.17) is 19.2 Å². The van der Waals surface area contributed by atoms with Crippen LogP contribution in [-0.4, -0.2) is 53.5 Å². The lowest BCUT2D eigenvalue weighted by molar-refractivity contribution is -0.154. The number of aromatic nitrogens is 2. The van der Waals surface area contributed by atoms with Gasteiger partial charge in [0.25, 0.3) is 5.91 Å². The highest BCUT2D eigenvalue weighted by Gasteiger charge is 2.59. The van der Waals surface area contributed by atoms with Crippen molar-refractivity contribution in [1.82, 2.24) is 15.3 Å². The number of ether oxygens (including phenoxy) is 3. The monoisotopic (exact) mass is 908 g/mol. The largest absolute Gasteiger partial charge is 0.462 e. The first kappa shape index (κ1) is 47.8. The molecule has 5 aliphatic carbocycles. The van der Waals surface area contributed by atoms with E-state index < -0.39 is 0 Å². The number of benzene rings is 1.